The lowest BCUT2D eigenvalue weighted by Gasteiger charge is -2.26. The first-order chi connectivity index (χ1) is 18.5. The van der Waals surface area contributed by atoms with Gasteiger partial charge in [-0.15, -0.1) is 11.3 Å². The van der Waals surface area contributed by atoms with E-state index in [0.29, 0.717) is 62.0 Å². The third-order valence-electron chi connectivity index (χ3n) is 6.13. The summed E-state index contributed by atoms with van der Waals surface area (Å²) < 4.78 is 21.5. The molecule has 0 bridgehead atoms. The van der Waals surface area contributed by atoms with Crippen molar-refractivity contribution in [3.05, 3.63) is 64.0 Å². The molecule has 0 unspecified atom stereocenters. The van der Waals surface area contributed by atoms with E-state index in [1.165, 1.54) is 11.3 Å². The van der Waals surface area contributed by atoms with E-state index in [-0.39, 0.29) is 12.0 Å². The summed E-state index contributed by atoms with van der Waals surface area (Å²) in [6.45, 7) is 5.98. The molecule has 2 N–H and O–H groups in total. The van der Waals surface area contributed by atoms with Crippen LogP contribution in [0.3, 0.4) is 0 Å². The van der Waals surface area contributed by atoms with Crippen molar-refractivity contribution in [3.63, 3.8) is 0 Å². The molecule has 0 radical (unpaired) electrons. The molecular formula is C28H33N3O6S. The van der Waals surface area contributed by atoms with Gasteiger partial charge in [-0.3, -0.25) is 4.79 Å². The van der Waals surface area contributed by atoms with Crippen molar-refractivity contribution in [1.29, 1.82) is 0 Å². The Morgan fingerprint density at radius 3 is 2.45 bits per heavy atom. The fourth-order valence-electron chi connectivity index (χ4n) is 4.31. The van der Waals surface area contributed by atoms with E-state index >= 15 is 0 Å². The molecule has 1 aromatic heterocycles. The van der Waals surface area contributed by atoms with Crippen LogP contribution < -0.4 is 24.8 Å². The van der Waals surface area contributed by atoms with Crippen LogP contribution in [0, 0.1) is 0 Å². The number of fused-ring (bicyclic) bond motifs is 1. The van der Waals surface area contributed by atoms with Crippen LogP contribution in [0.2, 0.25) is 0 Å². The van der Waals surface area contributed by atoms with Gasteiger partial charge < -0.3 is 34.5 Å². The SMILES string of the molecule is CCOC(=O)N1CCc2c(sc(NCc3ccc(OC)c(OC)c3)c2C(=O)Nc2ccc(OCC)cc2)C1. The Balaban J connectivity index is 1.59. The van der Waals surface area contributed by atoms with Crippen LogP contribution in [0.4, 0.5) is 15.5 Å². The first-order valence-electron chi connectivity index (χ1n) is 12.5. The normalized spacial score (nSPS) is 12.4. The highest BCUT2D eigenvalue weighted by molar-refractivity contribution is 7.16. The van der Waals surface area contributed by atoms with Gasteiger partial charge in [0.15, 0.2) is 11.5 Å². The molecule has 2 heterocycles. The second-order valence-electron chi connectivity index (χ2n) is 8.53. The largest absolute Gasteiger partial charge is 0.494 e. The predicted molar refractivity (Wildman–Crippen MR) is 148 cm³/mol. The number of thiophene rings is 1. The lowest BCUT2D eigenvalue weighted by atomic mass is 10.0. The highest BCUT2D eigenvalue weighted by Crippen LogP contribution is 2.38. The Morgan fingerprint density at radius 2 is 1.76 bits per heavy atom. The summed E-state index contributed by atoms with van der Waals surface area (Å²) in [5.74, 6) is 1.83. The van der Waals surface area contributed by atoms with Crippen molar-refractivity contribution in [2.24, 2.45) is 0 Å². The molecule has 38 heavy (non-hydrogen) atoms. The van der Waals surface area contributed by atoms with Crippen molar-refractivity contribution >= 4 is 34.0 Å². The van der Waals surface area contributed by atoms with Gasteiger partial charge in [0.1, 0.15) is 10.8 Å². The molecule has 0 fully saturated rings. The molecule has 0 saturated carbocycles. The number of methoxy groups -OCH3 is 2. The standard InChI is InChI=1S/C28H33N3O6S/c1-5-36-20-10-8-19(9-11-20)30-26(32)25-21-13-14-31(28(33)37-6-2)17-24(21)38-27(25)29-16-18-7-12-22(34-3)23(15-18)35-4/h7-12,15,29H,5-6,13-14,16-17H2,1-4H3,(H,30,32). The van der Waals surface area contributed by atoms with Gasteiger partial charge in [0.25, 0.3) is 5.91 Å². The molecular weight excluding hydrogens is 506 g/mol. The van der Waals surface area contributed by atoms with Crippen LogP contribution >= 0.6 is 11.3 Å². The quantitative estimate of drug-likeness (QED) is 0.349. The average molecular weight is 540 g/mol. The van der Waals surface area contributed by atoms with Crippen LogP contribution in [-0.4, -0.2) is 50.9 Å². The summed E-state index contributed by atoms with van der Waals surface area (Å²) in [5.41, 5.74) is 3.20. The minimum Gasteiger partial charge on any atom is -0.494 e. The number of nitrogens with one attached hydrogen (secondary N) is 2. The maximum atomic E-state index is 13.6. The summed E-state index contributed by atoms with van der Waals surface area (Å²) in [6.07, 6.45) is 0.223. The molecule has 1 aliphatic heterocycles. The van der Waals surface area contributed by atoms with Crippen LogP contribution in [0.25, 0.3) is 0 Å². The van der Waals surface area contributed by atoms with Gasteiger partial charge in [-0.1, -0.05) is 6.07 Å². The van der Waals surface area contributed by atoms with Crippen LogP contribution in [-0.2, 0) is 24.2 Å². The first kappa shape index (κ1) is 27.1. The second kappa shape index (κ2) is 12.6. The number of carbonyl (C=O) groups is 2. The number of anilines is 2. The topological polar surface area (TPSA) is 98.4 Å². The van der Waals surface area contributed by atoms with E-state index in [1.807, 2.05) is 49.4 Å². The minimum absolute atomic E-state index is 0.203. The van der Waals surface area contributed by atoms with E-state index in [4.69, 9.17) is 18.9 Å². The monoisotopic (exact) mass is 539 g/mol. The zero-order chi connectivity index (χ0) is 27.1. The first-order valence-corrected chi connectivity index (χ1v) is 13.3. The van der Waals surface area contributed by atoms with Crippen molar-refractivity contribution in [3.8, 4) is 17.2 Å². The van der Waals surface area contributed by atoms with E-state index in [0.717, 1.165) is 26.8 Å². The van der Waals surface area contributed by atoms with Gasteiger partial charge in [-0.25, -0.2) is 4.79 Å². The van der Waals surface area contributed by atoms with Gasteiger partial charge in [0, 0.05) is 23.7 Å². The van der Waals surface area contributed by atoms with Crippen LogP contribution in [0.5, 0.6) is 17.2 Å². The third-order valence-corrected chi connectivity index (χ3v) is 7.31. The fraction of sp³-hybridized carbons (Fsp3) is 0.357. The van der Waals surface area contributed by atoms with Crippen molar-refractivity contribution in [1.82, 2.24) is 4.90 Å². The lowest BCUT2D eigenvalue weighted by Crippen LogP contribution is -2.36. The summed E-state index contributed by atoms with van der Waals surface area (Å²) >= 11 is 1.49. The summed E-state index contributed by atoms with van der Waals surface area (Å²) in [5, 5.41) is 7.21. The lowest BCUT2D eigenvalue weighted by molar-refractivity contribution is 0.102. The Bertz CT molecular complexity index is 1270. The van der Waals surface area contributed by atoms with Gasteiger partial charge >= 0.3 is 6.09 Å². The smallest absolute Gasteiger partial charge is 0.410 e. The number of hydrogen-bond acceptors (Lipinski definition) is 8. The number of nitrogens with zero attached hydrogens (tertiary/aromatic N) is 1. The molecule has 2 amide bonds. The molecule has 4 rings (SSSR count). The molecule has 202 valence electrons. The van der Waals surface area contributed by atoms with Crippen LogP contribution in [0.1, 0.15) is 40.2 Å². The zero-order valence-corrected chi connectivity index (χ0v) is 22.9. The summed E-state index contributed by atoms with van der Waals surface area (Å²) in [7, 11) is 3.20. The summed E-state index contributed by atoms with van der Waals surface area (Å²) in [4.78, 5) is 28.6. The number of ether oxygens (including phenoxy) is 4. The van der Waals surface area contributed by atoms with Crippen LogP contribution in [0.15, 0.2) is 42.5 Å². The predicted octanol–water partition coefficient (Wildman–Crippen LogP) is 5.54. The third kappa shape index (κ3) is 6.13. The summed E-state index contributed by atoms with van der Waals surface area (Å²) in [6, 6.07) is 13.0. The minimum atomic E-state index is -0.341. The maximum absolute atomic E-state index is 13.6. The van der Waals surface area contributed by atoms with Crippen molar-refractivity contribution in [2.45, 2.75) is 33.4 Å². The van der Waals surface area contributed by atoms with Gasteiger partial charge in [-0.05, 0) is 67.8 Å². The van der Waals surface area contributed by atoms with E-state index in [2.05, 4.69) is 10.6 Å². The maximum Gasteiger partial charge on any atom is 0.410 e. The van der Waals surface area contributed by atoms with E-state index in [1.54, 1.807) is 26.0 Å². The highest BCUT2D eigenvalue weighted by atomic mass is 32.1. The number of benzene rings is 2. The number of hydrogen-bond donors (Lipinski definition) is 2. The number of amides is 2. The van der Waals surface area contributed by atoms with Gasteiger partial charge in [0.2, 0.25) is 0 Å². The highest BCUT2D eigenvalue weighted by Gasteiger charge is 2.30. The zero-order valence-electron chi connectivity index (χ0n) is 22.1. The molecule has 10 heteroatoms. The molecule has 0 atom stereocenters. The Kier molecular flexibility index (Phi) is 8.96. The van der Waals surface area contributed by atoms with Gasteiger partial charge in [0.05, 0.1) is 39.5 Å². The van der Waals surface area contributed by atoms with E-state index in [9.17, 15) is 9.59 Å². The Labute approximate surface area is 226 Å². The molecule has 2 aromatic carbocycles. The fourth-order valence-corrected chi connectivity index (χ4v) is 5.56. The number of rotatable bonds is 10. The van der Waals surface area contributed by atoms with Crippen molar-refractivity contribution in [2.75, 3.05) is 44.6 Å². The van der Waals surface area contributed by atoms with Gasteiger partial charge in [-0.2, -0.15) is 0 Å². The molecule has 0 aliphatic carbocycles. The van der Waals surface area contributed by atoms with E-state index < -0.39 is 0 Å². The molecule has 3 aromatic rings. The number of carbonyl (C=O) groups excluding carboxylic acids is 2. The molecule has 0 saturated heterocycles. The Morgan fingerprint density at radius 1 is 1.00 bits per heavy atom. The van der Waals surface area contributed by atoms with Crippen molar-refractivity contribution < 1.29 is 28.5 Å². The molecule has 1 aliphatic rings. The molecule has 9 nitrogen and oxygen atoms in total. The second-order valence-corrected chi connectivity index (χ2v) is 9.64. The average Bonchev–Trinajstić information content (AvgIpc) is 3.30. The molecule has 0 spiro atoms. The Hall–Kier alpha value is -3.92.